The fourth-order valence-corrected chi connectivity index (χ4v) is 1.53. The number of rotatable bonds is 5. The van der Waals surface area contributed by atoms with Crippen LogP contribution in [0.2, 0.25) is 5.02 Å². The third-order valence-corrected chi connectivity index (χ3v) is 3.41. The van der Waals surface area contributed by atoms with Crippen LogP contribution < -0.4 is 5.32 Å². The van der Waals surface area contributed by atoms with Gasteiger partial charge < -0.3 is 15.3 Å². The van der Waals surface area contributed by atoms with Crippen molar-refractivity contribution in [2.45, 2.75) is 25.9 Å². The molecule has 4 heteroatoms. The minimum Gasteiger partial charge on any atom is -0.506 e. The highest BCUT2D eigenvalue weighted by molar-refractivity contribution is 6.32. The van der Waals surface area contributed by atoms with Crippen molar-refractivity contribution in [3.8, 4) is 5.75 Å². The number of hydrogen-bond donors (Lipinski definition) is 2. The van der Waals surface area contributed by atoms with E-state index in [-0.39, 0.29) is 11.3 Å². The predicted molar refractivity (Wildman–Crippen MR) is 72.6 cm³/mol. The van der Waals surface area contributed by atoms with Crippen LogP contribution in [0, 0.1) is 0 Å². The number of phenols is 1. The lowest BCUT2D eigenvalue weighted by Gasteiger charge is -2.32. The van der Waals surface area contributed by atoms with Crippen LogP contribution in [-0.4, -0.2) is 36.2 Å². The van der Waals surface area contributed by atoms with Gasteiger partial charge in [-0.2, -0.15) is 0 Å². The van der Waals surface area contributed by atoms with Crippen LogP contribution in [0.1, 0.15) is 19.4 Å². The minimum absolute atomic E-state index is 0.112. The predicted octanol–water partition coefficient (Wildman–Crippen LogP) is 2.48. The number of nitrogens with zero attached hydrogens (tertiary/aromatic N) is 1. The second-order valence-corrected chi connectivity index (χ2v) is 5.50. The van der Waals surface area contributed by atoms with Gasteiger partial charge in [-0.25, -0.2) is 0 Å². The molecule has 2 N–H and O–H groups in total. The summed E-state index contributed by atoms with van der Waals surface area (Å²) in [5.41, 5.74) is 1.18. The molecule has 0 bridgehead atoms. The SMILES string of the molecule is CN(C)C(C)(C)CNCc1ccc(O)c(Cl)c1. The molecule has 17 heavy (non-hydrogen) atoms. The van der Waals surface area contributed by atoms with E-state index in [9.17, 15) is 5.11 Å². The van der Waals surface area contributed by atoms with Crippen molar-refractivity contribution in [3.63, 3.8) is 0 Å². The summed E-state index contributed by atoms with van der Waals surface area (Å²) in [6.45, 7) is 6.00. The van der Waals surface area contributed by atoms with Crippen molar-refractivity contribution in [1.29, 1.82) is 0 Å². The average Bonchev–Trinajstić information content (AvgIpc) is 2.23. The molecule has 0 unspecified atom stereocenters. The Morgan fingerprint density at radius 3 is 2.53 bits per heavy atom. The van der Waals surface area contributed by atoms with E-state index in [1.807, 2.05) is 6.07 Å². The van der Waals surface area contributed by atoms with Gasteiger partial charge in [-0.05, 0) is 45.6 Å². The number of phenolic OH excluding ortho intramolecular Hbond substituents is 1. The first kappa shape index (κ1) is 14.3. The molecule has 0 aliphatic heterocycles. The third-order valence-electron chi connectivity index (χ3n) is 3.11. The van der Waals surface area contributed by atoms with E-state index in [1.54, 1.807) is 12.1 Å². The summed E-state index contributed by atoms with van der Waals surface area (Å²) in [5.74, 6) is 0.129. The van der Waals surface area contributed by atoms with Gasteiger partial charge in [0, 0.05) is 18.6 Å². The van der Waals surface area contributed by atoms with Gasteiger partial charge in [0.05, 0.1) is 5.02 Å². The maximum atomic E-state index is 9.31. The normalized spacial score (nSPS) is 12.1. The summed E-state index contributed by atoms with van der Waals surface area (Å²) in [7, 11) is 4.14. The number of hydrogen-bond acceptors (Lipinski definition) is 3. The minimum atomic E-state index is 0.112. The highest BCUT2D eigenvalue weighted by atomic mass is 35.5. The number of aromatic hydroxyl groups is 1. The van der Waals surface area contributed by atoms with E-state index in [0.717, 1.165) is 18.7 Å². The van der Waals surface area contributed by atoms with E-state index in [0.29, 0.717) is 5.02 Å². The van der Waals surface area contributed by atoms with Crippen molar-refractivity contribution >= 4 is 11.6 Å². The molecular formula is C13H21ClN2O. The summed E-state index contributed by atoms with van der Waals surface area (Å²) in [5, 5.41) is 13.1. The van der Waals surface area contributed by atoms with Gasteiger partial charge in [0.1, 0.15) is 5.75 Å². The van der Waals surface area contributed by atoms with Crippen molar-refractivity contribution in [3.05, 3.63) is 28.8 Å². The molecule has 0 heterocycles. The Kier molecular flexibility index (Phi) is 4.80. The second kappa shape index (κ2) is 5.71. The van der Waals surface area contributed by atoms with Gasteiger partial charge in [-0.1, -0.05) is 17.7 Å². The maximum Gasteiger partial charge on any atom is 0.134 e. The highest BCUT2D eigenvalue weighted by Crippen LogP contribution is 2.23. The van der Waals surface area contributed by atoms with Crippen LogP contribution in [0.4, 0.5) is 0 Å². The molecule has 0 aromatic heterocycles. The number of benzene rings is 1. The molecule has 0 spiro atoms. The average molecular weight is 257 g/mol. The molecule has 0 radical (unpaired) electrons. The van der Waals surface area contributed by atoms with E-state index < -0.39 is 0 Å². The van der Waals surface area contributed by atoms with Gasteiger partial charge in [0.25, 0.3) is 0 Å². The summed E-state index contributed by atoms with van der Waals surface area (Å²) < 4.78 is 0. The second-order valence-electron chi connectivity index (χ2n) is 5.10. The summed E-state index contributed by atoms with van der Waals surface area (Å²) in [4.78, 5) is 2.18. The number of likely N-dealkylation sites (N-methyl/N-ethyl adjacent to an activating group) is 1. The van der Waals surface area contributed by atoms with E-state index >= 15 is 0 Å². The van der Waals surface area contributed by atoms with E-state index in [2.05, 4.69) is 38.2 Å². The lowest BCUT2D eigenvalue weighted by molar-refractivity contribution is 0.190. The van der Waals surface area contributed by atoms with E-state index in [4.69, 9.17) is 11.6 Å². The summed E-state index contributed by atoms with van der Waals surface area (Å²) in [6, 6.07) is 5.28. The standard InChI is InChI=1S/C13H21ClN2O/c1-13(2,16(3)4)9-15-8-10-5-6-12(17)11(14)7-10/h5-7,15,17H,8-9H2,1-4H3. The van der Waals surface area contributed by atoms with Crippen LogP contribution in [0.25, 0.3) is 0 Å². The first-order valence-electron chi connectivity index (χ1n) is 5.68. The zero-order valence-electron chi connectivity index (χ0n) is 10.9. The summed E-state index contributed by atoms with van der Waals surface area (Å²) in [6.07, 6.45) is 0. The first-order valence-corrected chi connectivity index (χ1v) is 6.06. The molecule has 3 nitrogen and oxygen atoms in total. The number of nitrogens with one attached hydrogen (secondary N) is 1. The first-order chi connectivity index (χ1) is 7.83. The van der Waals surface area contributed by atoms with Gasteiger partial charge in [0.2, 0.25) is 0 Å². The Bertz CT molecular complexity index is 378. The van der Waals surface area contributed by atoms with Crippen molar-refractivity contribution in [1.82, 2.24) is 10.2 Å². The molecule has 0 saturated heterocycles. The smallest absolute Gasteiger partial charge is 0.134 e. The molecule has 1 aromatic carbocycles. The van der Waals surface area contributed by atoms with Gasteiger partial charge in [-0.3, -0.25) is 0 Å². The third kappa shape index (κ3) is 4.19. The van der Waals surface area contributed by atoms with Crippen LogP contribution in [0.3, 0.4) is 0 Å². The van der Waals surface area contributed by atoms with Crippen LogP contribution in [-0.2, 0) is 6.54 Å². The van der Waals surface area contributed by atoms with Crippen LogP contribution in [0.5, 0.6) is 5.75 Å². The quantitative estimate of drug-likeness (QED) is 0.850. The zero-order valence-corrected chi connectivity index (χ0v) is 11.7. The van der Waals surface area contributed by atoms with Gasteiger partial charge in [0.15, 0.2) is 0 Å². The lowest BCUT2D eigenvalue weighted by atomic mass is 10.0. The molecule has 0 amide bonds. The molecule has 0 atom stereocenters. The maximum absolute atomic E-state index is 9.31. The van der Waals surface area contributed by atoms with Gasteiger partial charge in [-0.15, -0.1) is 0 Å². The molecule has 0 saturated carbocycles. The highest BCUT2D eigenvalue weighted by Gasteiger charge is 2.19. The van der Waals surface area contributed by atoms with E-state index in [1.165, 1.54) is 0 Å². The zero-order chi connectivity index (χ0) is 13.1. The Morgan fingerprint density at radius 1 is 1.35 bits per heavy atom. The Morgan fingerprint density at radius 2 is 2.00 bits per heavy atom. The van der Waals surface area contributed by atoms with Gasteiger partial charge >= 0.3 is 0 Å². The molecule has 1 rings (SSSR count). The Balaban J connectivity index is 2.49. The lowest BCUT2D eigenvalue weighted by Crippen LogP contribution is -2.46. The summed E-state index contributed by atoms with van der Waals surface area (Å²) >= 11 is 5.85. The fraction of sp³-hybridized carbons (Fsp3) is 0.538. The Hall–Kier alpha value is -0.770. The molecule has 0 fully saturated rings. The monoisotopic (exact) mass is 256 g/mol. The van der Waals surface area contributed by atoms with Crippen LogP contribution in [0.15, 0.2) is 18.2 Å². The molecular weight excluding hydrogens is 236 g/mol. The largest absolute Gasteiger partial charge is 0.506 e. The fourth-order valence-electron chi connectivity index (χ4n) is 1.33. The van der Waals surface area contributed by atoms with Crippen molar-refractivity contribution < 1.29 is 5.11 Å². The molecule has 96 valence electrons. The van der Waals surface area contributed by atoms with Crippen molar-refractivity contribution in [2.24, 2.45) is 0 Å². The topological polar surface area (TPSA) is 35.5 Å². The number of halogens is 1. The molecule has 0 aliphatic rings. The molecule has 1 aromatic rings. The molecule has 0 aliphatic carbocycles. The van der Waals surface area contributed by atoms with Crippen molar-refractivity contribution in [2.75, 3.05) is 20.6 Å². The Labute approximate surface area is 108 Å². The van der Waals surface area contributed by atoms with Crippen LogP contribution >= 0.6 is 11.6 Å².